The van der Waals surface area contributed by atoms with Crippen LogP contribution in [0.15, 0.2) is 18.2 Å². The Morgan fingerprint density at radius 1 is 1.30 bits per heavy atom. The molecule has 106 valence electrons. The fraction of sp³-hybridized carbons (Fsp3) is 0.467. The number of carbonyl (C=O) groups is 1. The van der Waals surface area contributed by atoms with Gasteiger partial charge in [0.25, 0.3) is 0 Å². The first kappa shape index (κ1) is 13.1. The number of nitrogens with zero attached hydrogens (tertiary/aromatic N) is 3. The fourth-order valence-electron chi connectivity index (χ4n) is 2.64. The number of fused-ring (bicyclic) bond motifs is 1. The standard InChI is InChI=1S/C15H20N4O/c1-11-16-13-4-3-12(9-14(13)17-11)10-15(20)19-7-5-18(2)6-8-19/h3-4,9H,5-8,10H2,1-2H3,(H,16,17). The van der Waals surface area contributed by atoms with Gasteiger partial charge in [0.1, 0.15) is 5.82 Å². The number of aromatic amines is 1. The summed E-state index contributed by atoms with van der Waals surface area (Å²) in [4.78, 5) is 24.1. The van der Waals surface area contributed by atoms with Crippen LogP contribution in [-0.4, -0.2) is 58.9 Å². The number of nitrogens with one attached hydrogen (secondary N) is 1. The molecule has 20 heavy (non-hydrogen) atoms. The lowest BCUT2D eigenvalue weighted by Crippen LogP contribution is -2.47. The molecule has 0 saturated carbocycles. The van der Waals surface area contributed by atoms with Gasteiger partial charge in [-0.3, -0.25) is 4.79 Å². The molecule has 1 fully saturated rings. The Hall–Kier alpha value is -1.88. The molecular formula is C15H20N4O. The van der Waals surface area contributed by atoms with Gasteiger partial charge in [-0.1, -0.05) is 6.07 Å². The number of likely N-dealkylation sites (N-methyl/N-ethyl adjacent to an activating group) is 1. The van der Waals surface area contributed by atoms with Crippen LogP contribution < -0.4 is 0 Å². The number of hydrogen-bond donors (Lipinski definition) is 1. The first-order valence-electron chi connectivity index (χ1n) is 7.03. The van der Waals surface area contributed by atoms with Crippen LogP contribution in [0.4, 0.5) is 0 Å². The largest absolute Gasteiger partial charge is 0.342 e. The van der Waals surface area contributed by atoms with E-state index >= 15 is 0 Å². The van der Waals surface area contributed by atoms with E-state index in [9.17, 15) is 4.79 Å². The third-order valence-corrected chi connectivity index (χ3v) is 3.88. The maximum Gasteiger partial charge on any atom is 0.227 e. The molecule has 1 amide bonds. The number of aromatic nitrogens is 2. The summed E-state index contributed by atoms with van der Waals surface area (Å²) in [6, 6.07) is 6.01. The zero-order chi connectivity index (χ0) is 14.1. The Morgan fingerprint density at radius 2 is 2.05 bits per heavy atom. The zero-order valence-electron chi connectivity index (χ0n) is 12.0. The van der Waals surface area contributed by atoms with E-state index in [2.05, 4.69) is 21.9 Å². The summed E-state index contributed by atoms with van der Waals surface area (Å²) in [5.41, 5.74) is 3.01. The highest BCUT2D eigenvalue weighted by atomic mass is 16.2. The van der Waals surface area contributed by atoms with Crippen LogP contribution in [0.1, 0.15) is 11.4 Å². The molecule has 1 aromatic carbocycles. The van der Waals surface area contributed by atoms with Crippen molar-refractivity contribution in [1.29, 1.82) is 0 Å². The number of rotatable bonds is 2. The highest BCUT2D eigenvalue weighted by Crippen LogP contribution is 2.15. The van der Waals surface area contributed by atoms with Gasteiger partial charge in [-0.25, -0.2) is 4.98 Å². The summed E-state index contributed by atoms with van der Waals surface area (Å²) in [5, 5.41) is 0. The van der Waals surface area contributed by atoms with E-state index in [1.165, 1.54) is 0 Å². The molecule has 5 heteroatoms. The Labute approximate surface area is 118 Å². The third kappa shape index (κ3) is 2.67. The molecule has 1 saturated heterocycles. The van der Waals surface area contributed by atoms with Crippen molar-refractivity contribution in [3.63, 3.8) is 0 Å². The number of hydrogen-bond acceptors (Lipinski definition) is 3. The summed E-state index contributed by atoms with van der Waals surface area (Å²) in [7, 11) is 2.09. The van der Waals surface area contributed by atoms with Crippen LogP contribution in [0.2, 0.25) is 0 Å². The minimum Gasteiger partial charge on any atom is -0.342 e. The van der Waals surface area contributed by atoms with Crippen LogP contribution in [0, 0.1) is 6.92 Å². The number of piperazine rings is 1. The molecule has 0 unspecified atom stereocenters. The van der Waals surface area contributed by atoms with Gasteiger partial charge in [0.15, 0.2) is 0 Å². The van der Waals surface area contributed by atoms with Gasteiger partial charge in [0.2, 0.25) is 5.91 Å². The number of carbonyl (C=O) groups excluding carboxylic acids is 1. The number of amides is 1. The van der Waals surface area contributed by atoms with Crippen molar-refractivity contribution in [3.05, 3.63) is 29.6 Å². The minimum atomic E-state index is 0.216. The van der Waals surface area contributed by atoms with Crippen molar-refractivity contribution in [2.75, 3.05) is 33.2 Å². The average molecular weight is 272 g/mol. The number of aryl methyl sites for hydroxylation is 1. The van der Waals surface area contributed by atoms with E-state index in [-0.39, 0.29) is 5.91 Å². The van der Waals surface area contributed by atoms with Crippen molar-refractivity contribution in [1.82, 2.24) is 19.8 Å². The number of H-pyrrole nitrogens is 1. The maximum absolute atomic E-state index is 12.3. The van der Waals surface area contributed by atoms with Crippen LogP contribution in [0.3, 0.4) is 0 Å². The molecule has 2 heterocycles. The molecule has 0 radical (unpaired) electrons. The van der Waals surface area contributed by atoms with Crippen molar-refractivity contribution in [3.8, 4) is 0 Å². The van der Waals surface area contributed by atoms with E-state index in [0.717, 1.165) is 48.6 Å². The van der Waals surface area contributed by atoms with E-state index in [1.54, 1.807) is 0 Å². The molecule has 0 atom stereocenters. The summed E-state index contributed by atoms with van der Waals surface area (Å²) in [5.74, 6) is 1.12. The molecule has 1 aromatic heterocycles. The normalized spacial score (nSPS) is 16.8. The highest BCUT2D eigenvalue weighted by Gasteiger charge is 2.19. The molecule has 2 aromatic rings. The van der Waals surface area contributed by atoms with Gasteiger partial charge in [-0.15, -0.1) is 0 Å². The Bertz CT molecular complexity index is 626. The monoisotopic (exact) mass is 272 g/mol. The van der Waals surface area contributed by atoms with Crippen molar-refractivity contribution in [2.45, 2.75) is 13.3 Å². The van der Waals surface area contributed by atoms with E-state index in [1.807, 2.05) is 30.0 Å². The first-order valence-corrected chi connectivity index (χ1v) is 7.03. The summed E-state index contributed by atoms with van der Waals surface area (Å²) < 4.78 is 0. The molecule has 0 bridgehead atoms. The first-order chi connectivity index (χ1) is 9.61. The molecule has 1 N–H and O–H groups in total. The SMILES string of the molecule is Cc1nc2ccc(CC(=O)N3CCN(C)CC3)cc2[nH]1. The van der Waals surface area contributed by atoms with Crippen LogP contribution in [-0.2, 0) is 11.2 Å². The smallest absolute Gasteiger partial charge is 0.227 e. The molecule has 0 spiro atoms. The summed E-state index contributed by atoms with van der Waals surface area (Å²) >= 11 is 0. The predicted octanol–water partition coefficient (Wildman–Crippen LogP) is 1.19. The quantitative estimate of drug-likeness (QED) is 0.893. The average Bonchev–Trinajstić information content (AvgIpc) is 2.78. The Kier molecular flexibility index (Phi) is 3.44. The summed E-state index contributed by atoms with van der Waals surface area (Å²) in [6.45, 7) is 5.53. The number of benzene rings is 1. The molecule has 3 rings (SSSR count). The lowest BCUT2D eigenvalue weighted by atomic mass is 10.1. The van der Waals surface area contributed by atoms with Gasteiger partial charge >= 0.3 is 0 Å². The minimum absolute atomic E-state index is 0.216. The van der Waals surface area contributed by atoms with Crippen molar-refractivity contribution >= 4 is 16.9 Å². The molecule has 1 aliphatic heterocycles. The summed E-state index contributed by atoms with van der Waals surface area (Å²) in [6.07, 6.45) is 0.470. The van der Waals surface area contributed by atoms with Gasteiger partial charge in [0.05, 0.1) is 17.5 Å². The lowest BCUT2D eigenvalue weighted by molar-refractivity contribution is -0.132. The van der Waals surface area contributed by atoms with Gasteiger partial charge < -0.3 is 14.8 Å². The zero-order valence-corrected chi connectivity index (χ0v) is 12.0. The van der Waals surface area contributed by atoms with Crippen LogP contribution in [0.5, 0.6) is 0 Å². The fourth-order valence-corrected chi connectivity index (χ4v) is 2.64. The van der Waals surface area contributed by atoms with Crippen LogP contribution >= 0.6 is 0 Å². The molecule has 0 aliphatic carbocycles. The lowest BCUT2D eigenvalue weighted by Gasteiger charge is -2.32. The van der Waals surface area contributed by atoms with Gasteiger partial charge in [0, 0.05) is 26.2 Å². The maximum atomic E-state index is 12.3. The van der Waals surface area contributed by atoms with Crippen molar-refractivity contribution in [2.24, 2.45) is 0 Å². The predicted molar refractivity (Wildman–Crippen MR) is 78.6 cm³/mol. The van der Waals surface area contributed by atoms with Gasteiger partial charge in [-0.05, 0) is 31.7 Å². The number of imidazole rings is 1. The Morgan fingerprint density at radius 3 is 2.80 bits per heavy atom. The second-order valence-electron chi connectivity index (χ2n) is 5.53. The van der Waals surface area contributed by atoms with Crippen LogP contribution in [0.25, 0.3) is 11.0 Å². The van der Waals surface area contributed by atoms with Crippen molar-refractivity contribution < 1.29 is 4.79 Å². The van der Waals surface area contributed by atoms with E-state index in [4.69, 9.17) is 0 Å². The second-order valence-corrected chi connectivity index (χ2v) is 5.53. The third-order valence-electron chi connectivity index (χ3n) is 3.88. The molecular weight excluding hydrogens is 252 g/mol. The second kappa shape index (κ2) is 5.25. The van der Waals surface area contributed by atoms with E-state index < -0.39 is 0 Å². The Balaban J connectivity index is 1.70. The molecule has 5 nitrogen and oxygen atoms in total. The molecule has 1 aliphatic rings. The topological polar surface area (TPSA) is 52.2 Å². The highest BCUT2D eigenvalue weighted by molar-refractivity contribution is 5.82. The van der Waals surface area contributed by atoms with Gasteiger partial charge in [-0.2, -0.15) is 0 Å². The van der Waals surface area contributed by atoms with E-state index in [0.29, 0.717) is 6.42 Å².